The Morgan fingerprint density at radius 2 is 2.18 bits per heavy atom. The molecule has 2 rings (SSSR count). The van der Waals surface area contributed by atoms with Crippen LogP contribution in [0.2, 0.25) is 0 Å². The molecule has 2 N–H and O–H groups in total. The molecule has 2 heterocycles. The fraction of sp³-hybridized carbons (Fsp3) is 0.615. The minimum atomic E-state index is 0.753. The van der Waals surface area contributed by atoms with Crippen LogP contribution in [0.5, 0.6) is 0 Å². The summed E-state index contributed by atoms with van der Waals surface area (Å²) in [5.41, 5.74) is 6.88. The second kappa shape index (κ2) is 5.98. The molecule has 0 aromatic carbocycles. The van der Waals surface area contributed by atoms with E-state index in [-0.39, 0.29) is 0 Å². The van der Waals surface area contributed by atoms with Crippen molar-refractivity contribution in [3.63, 3.8) is 0 Å². The topological polar surface area (TPSA) is 45.4 Å². The highest BCUT2D eigenvalue weighted by atomic mass is 15.2. The van der Waals surface area contributed by atoms with Crippen LogP contribution in [0.15, 0.2) is 18.3 Å². The standard InChI is InChI=1S/C13H22N4/c1-12-3-5-15-13(11-12)17-7-2-6-16(8-4-14)9-10-17/h3,5,11H,2,4,6-10,14H2,1H3. The van der Waals surface area contributed by atoms with Crippen molar-refractivity contribution >= 4 is 5.82 Å². The molecule has 0 aliphatic carbocycles. The van der Waals surface area contributed by atoms with Crippen LogP contribution >= 0.6 is 0 Å². The summed E-state index contributed by atoms with van der Waals surface area (Å²) in [6, 6.07) is 4.21. The van der Waals surface area contributed by atoms with Crippen molar-refractivity contribution in [2.24, 2.45) is 5.73 Å². The van der Waals surface area contributed by atoms with Crippen molar-refractivity contribution in [2.45, 2.75) is 13.3 Å². The van der Waals surface area contributed by atoms with Crippen molar-refractivity contribution in [1.82, 2.24) is 9.88 Å². The highest BCUT2D eigenvalue weighted by Gasteiger charge is 2.15. The number of hydrogen-bond acceptors (Lipinski definition) is 4. The van der Waals surface area contributed by atoms with Crippen LogP contribution in [-0.4, -0.2) is 49.2 Å². The first kappa shape index (κ1) is 12.3. The lowest BCUT2D eigenvalue weighted by molar-refractivity contribution is 0.302. The number of nitrogens with zero attached hydrogens (tertiary/aromatic N) is 3. The fourth-order valence-corrected chi connectivity index (χ4v) is 2.30. The second-order valence-corrected chi connectivity index (χ2v) is 4.66. The van der Waals surface area contributed by atoms with Gasteiger partial charge in [-0.2, -0.15) is 0 Å². The lowest BCUT2D eigenvalue weighted by atomic mass is 10.3. The molecule has 1 aromatic rings. The largest absolute Gasteiger partial charge is 0.355 e. The molecule has 0 saturated carbocycles. The van der Waals surface area contributed by atoms with Crippen LogP contribution in [0.4, 0.5) is 5.82 Å². The van der Waals surface area contributed by atoms with E-state index in [4.69, 9.17) is 5.73 Å². The summed E-state index contributed by atoms with van der Waals surface area (Å²) in [4.78, 5) is 9.28. The van der Waals surface area contributed by atoms with Gasteiger partial charge in [0, 0.05) is 38.9 Å². The maximum absolute atomic E-state index is 5.61. The Labute approximate surface area is 103 Å². The maximum Gasteiger partial charge on any atom is 0.128 e. The summed E-state index contributed by atoms with van der Waals surface area (Å²) in [7, 11) is 0. The molecule has 1 saturated heterocycles. The molecule has 1 aromatic heterocycles. The van der Waals surface area contributed by atoms with Gasteiger partial charge in [-0.05, 0) is 37.6 Å². The highest BCUT2D eigenvalue weighted by Crippen LogP contribution is 2.14. The molecule has 1 aliphatic rings. The molecule has 0 unspecified atom stereocenters. The van der Waals surface area contributed by atoms with Gasteiger partial charge in [-0.1, -0.05) is 0 Å². The number of pyridine rings is 1. The predicted octanol–water partition coefficient (Wildman–Crippen LogP) is 0.861. The molecule has 94 valence electrons. The Balaban J connectivity index is 1.99. The van der Waals surface area contributed by atoms with E-state index in [0.29, 0.717) is 0 Å². The molecule has 1 aliphatic heterocycles. The Morgan fingerprint density at radius 3 is 2.94 bits per heavy atom. The zero-order valence-corrected chi connectivity index (χ0v) is 10.6. The van der Waals surface area contributed by atoms with Crippen molar-refractivity contribution in [3.8, 4) is 0 Å². The number of aryl methyl sites for hydroxylation is 1. The van der Waals surface area contributed by atoms with Crippen LogP contribution < -0.4 is 10.6 Å². The first-order valence-electron chi connectivity index (χ1n) is 6.39. The molecule has 4 heteroatoms. The first-order chi connectivity index (χ1) is 8.29. The van der Waals surface area contributed by atoms with Crippen LogP contribution in [0.3, 0.4) is 0 Å². The van der Waals surface area contributed by atoms with Gasteiger partial charge >= 0.3 is 0 Å². The van der Waals surface area contributed by atoms with Crippen molar-refractivity contribution in [2.75, 3.05) is 44.2 Å². The van der Waals surface area contributed by atoms with Gasteiger partial charge in [-0.15, -0.1) is 0 Å². The van der Waals surface area contributed by atoms with Crippen LogP contribution in [-0.2, 0) is 0 Å². The summed E-state index contributed by atoms with van der Waals surface area (Å²) >= 11 is 0. The normalized spacial score (nSPS) is 18.1. The van der Waals surface area contributed by atoms with E-state index < -0.39 is 0 Å². The summed E-state index contributed by atoms with van der Waals surface area (Å²) in [6.07, 6.45) is 3.09. The van der Waals surface area contributed by atoms with Crippen molar-refractivity contribution < 1.29 is 0 Å². The van der Waals surface area contributed by atoms with Gasteiger partial charge in [-0.25, -0.2) is 4.98 Å². The minimum absolute atomic E-state index is 0.753. The Morgan fingerprint density at radius 1 is 1.29 bits per heavy atom. The molecule has 0 amide bonds. The highest BCUT2D eigenvalue weighted by molar-refractivity contribution is 5.40. The van der Waals surface area contributed by atoms with E-state index in [2.05, 4.69) is 27.8 Å². The van der Waals surface area contributed by atoms with E-state index in [1.807, 2.05) is 12.3 Å². The third-order valence-corrected chi connectivity index (χ3v) is 3.26. The molecule has 17 heavy (non-hydrogen) atoms. The van der Waals surface area contributed by atoms with Gasteiger partial charge < -0.3 is 15.5 Å². The Bertz CT molecular complexity index is 353. The lowest BCUT2D eigenvalue weighted by Gasteiger charge is -2.22. The van der Waals surface area contributed by atoms with E-state index in [1.165, 1.54) is 12.0 Å². The number of rotatable bonds is 3. The van der Waals surface area contributed by atoms with Crippen molar-refractivity contribution in [3.05, 3.63) is 23.9 Å². The van der Waals surface area contributed by atoms with Gasteiger partial charge in [0.05, 0.1) is 0 Å². The van der Waals surface area contributed by atoms with Gasteiger partial charge in [0.1, 0.15) is 5.82 Å². The second-order valence-electron chi connectivity index (χ2n) is 4.66. The third-order valence-electron chi connectivity index (χ3n) is 3.26. The fourth-order valence-electron chi connectivity index (χ4n) is 2.30. The monoisotopic (exact) mass is 234 g/mol. The summed E-state index contributed by atoms with van der Waals surface area (Å²) in [5.74, 6) is 1.11. The van der Waals surface area contributed by atoms with Crippen LogP contribution in [0.1, 0.15) is 12.0 Å². The third kappa shape index (κ3) is 3.41. The summed E-state index contributed by atoms with van der Waals surface area (Å²) in [6.45, 7) is 8.27. The molecule has 0 radical (unpaired) electrons. The summed E-state index contributed by atoms with van der Waals surface area (Å²) in [5, 5.41) is 0. The Hall–Kier alpha value is -1.13. The number of hydrogen-bond donors (Lipinski definition) is 1. The van der Waals surface area contributed by atoms with Crippen LogP contribution in [0, 0.1) is 6.92 Å². The average molecular weight is 234 g/mol. The van der Waals surface area contributed by atoms with Gasteiger partial charge in [0.25, 0.3) is 0 Å². The molecular weight excluding hydrogens is 212 g/mol. The lowest BCUT2D eigenvalue weighted by Crippen LogP contribution is -2.34. The first-order valence-corrected chi connectivity index (χ1v) is 6.39. The van der Waals surface area contributed by atoms with Gasteiger partial charge in [-0.3, -0.25) is 0 Å². The SMILES string of the molecule is Cc1ccnc(N2CCCN(CCN)CC2)c1. The van der Waals surface area contributed by atoms with Gasteiger partial charge in [0.15, 0.2) is 0 Å². The quantitative estimate of drug-likeness (QED) is 0.842. The smallest absolute Gasteiger partial charge is 0.128 e. The molecule has 4 nitrogen and oxygen atoms in total. The number of anilines is 1. The zero-order valence-electron chi connectivity index (χ0n) is 10.6. The van der Waals surface area contributed by atoms with E-state index >= 15 is 0 Å². The molecule has 1 fully saturated rings. The zero-order chi connectivity index (χ0) is 12.1. The molecular formula is C13H22N4. The summed E-state index contributed by atoms with van der Waals surface area (Å²) < 4.78 is 0. The molecule has 0 atom stereocenters. The Kier molecular flexibility index (Phi) is 4.34. The minimum Gasteiger partial charge on any atom is -0.355 e. The number of aromatic nitrogens is 1. The predicted molar refractivity (Wildman–Crippen MR) is 71.3 cm³/mol. The molecule has 0 bridgehead atoms. The average Bonchev–Trinajstić information content (AvgIpc) is 2.55. The maximum atomic E-state index is 5.61. The van der Waals surface area contributed by atoms with Crippen LogP contribution in [0.25, 0.3) is 0 Å². The van der Waals surface area contributed by atoms with E-state index in [1.54, 1.807) is 0 Å². The number of nitrogens with two attached hydrogens (primary N) is 1. The van der Waals surface area contributed by atoms with Gasteiger partial charge in [0.2, 0.25) is 0 Å². The van der Waals surface area contributed by atoms with Crippen molar-refractivity contribution in [1.29, 1.82) is 0 Å². The van der Waals surface area contributed by atoms with E-state index in [0.717, 1.165) is 45.1 Å². The van der Waals surface area contributed by atoms with E-state index in [9.17, 15) is 0 Å². The molecule has 0 spiro atoms.